The summed E-state index contributed by atoms with van der Waals surface area (Å²) >= 11 is 0. The molecule has 0 aliphatic carbocycles. The number of ether oxygens (including phenoxy) is 1. The van der Waals surface area contributed by atoms with Gasteiger partial charge in [0.1, 0.15) is 6.10 Å². The van der Waals surface area contributed by atoms with Gasteiger partial charge < -0.3 is 31.5 Å². The van der Waals surface area contributed by atoms with E-state index in [-0.39, 0.29) is 0 Å². The van der Waals surface area contributed by atoms with E-state index in [1.807, 2.05) is 0 Å². The van der Waals surface area contributed by atoms with E-state index in [4.69, 9.17) is 26.4 Å². The molecule has 5 atom stereocenters. The van der Waals surface area contributed by atoms with Crippen LogP contribution in [0.15, 0.2) is 0 Å². The highest BCUT2D eigenvalue weighted by molar-refractivity contribution is 4.93. The van der Waals surface area contributed by atoms with Crippen LogP contribution in [0, 0.1) is 0 Å². The van der Waals surface area contributed by atoms with E-state index in [2.05, 4.69) is 0 Å². The van der Waals surface area contributed by atoms with Crippen molar-refractivity contribution in [2.45, 2.75) is 30.6 Å². The Kier molecular flexibility index (Phi) is 2.99. The number of aliphatic hydroxyl groups is 3. The number of hydrogen-bond donors (Lipinski definition) is 5. The molecule has 1 heterocycles. The first-order valence-corrected chi connectivity index (χ1v) is 3.71. The predicted molar refractivity (Wildman–Crippen MR) is 39.9 cm³/mol. The van der Waals surface area contributed by atoms with Gasteiger partial charge in [-0.05, 0) is 0 Å². The van der Waals surface area contributed by atoms with Gasteiger partial charge in [0.2, 0.25) is 0 Å². The van der Waals surface area contributed by atoms with Crippen LogP contribution in [0.1, 0.15) is 0 Å². The van der Waals surface area contributed by atoms with Crippen molar-refractivity contribution in [2.75, 3.05) is 6.61 Å². The van der Waals surface area contributed by atoms with E-state index < -0.39 is 37.2 Å². The Labute approximate surface area is 69.7 Å². The monoisotopic (exact) mass is 178 g/mol. The van der Waals surface area contributed by atoms with Crippen molar-refractivity contribution in [3.63, 3.8) is 0 Å². The minimum atomic E-state index is -1.22. The molecule has 1 saturated heterocycles. The average Bonchev–Trinajstić information content (AvgIpc) is 2.08. The number of nitrogens with two attached hydrogens (primary N) is 2. The fraction of sp³-hybridized carbons (Fsp3) is 1.00. The quantitative estimate of drug-likeness (QED) is 0.287. The minimum Gasteiger partial charge on any atom is -0.394 e. The van der Waals surface area contributed by atoms with E-state index >= 15 is 0 Å². The summed E-state index contributed by atoms with van der Waals surface area (Å²) in [4.78, 5) is 0. The van der Waals surface area contributed by atoms with E-state index in [1.165, 1.54) is 0 Å². The van der Waals surface area contributed by atoms with E-state index in [1.54, 1.807) is 0 Å². The second-order valence-corrected chi connectivity index (χ2v) is 2.89. The molecule has 1 rings (SSSR count). The number of rotatable bonds is 1. The third-order valence-corrected chi connectivity index (χ3v) is 2.04. The van der Waals surface area contributed by atoms with Gasteiger partial charge in [-0.25, -0.2) is 0 Å². The zero-order valence-electron chi connectivity index (χ0n) is 6.50. The van der Waals surface area contributed by atoms with Gasteiger partial charge in [-0.1, -0.05) is 0 Å². The third kappa shape index (κ3) is 1.58. The molecule has 0 aromatic heterocycles. The molecule has 0 bridgehead atoms. The van der Waals surface area contributed by atoms with Gasteiger partial charge >= 0.3 is 0 Å². The topological polar surface area (TPSA) is 122 Å². The number of aliphatic hydroxyl groups excluding tert-OH is 3. The fourth-order valence-electron chi connectivity index (χ4n) is 1.17. The van der Waals surface area contributed by atoms with Crippen LogP contribution in [-0.4, -0.2) is 52.5 Å². The van der Waals surface area contributed by atoms with Crippen LogP contribution in [0.2, 0.25) is 0 Å². The first-order valence-electron chi connectivity index (χ1n) is 3.71. The van der Waals surface area contributed by atoms with Crippen molar-refractivity contribution in [3.8, 4) is 0 Å². The number of hydrogen-bond acceptors (Lipinski definition) is 6. The zero-order valence-corrected chi connectivity index (χ0v) is 6.50. The van der Waals surface area contributed by atoms with Crippen LogP contribution in [0.4, 0.5) is 0 Å². The van der Waals surface area contributed by atoms with Gasteiger partial charge in [0.15, 0.2) is 6.29 Å². The maximum Gasteiger partial charge on any atom is 0.171 e. The van der Waals surface area contributed by atoms with Crippen LogP contribution in [-0.2, 0) is 4.74 Å². The predicted octanol–water partition coefficient (Wildman–Crippen LogP) is -3.29. The van der Waals surface area contributed by atoms with E-state index in [0.717, 1.165) is 0 Å². The lowest BCUT2D eigenvalue weighted by atomic mass is 9.96. The van der Waals surface area contributed by atoms with Crippen molar-refractivity contribution in [1.29, 1.82) is 0 Å². The highest BCUT2D eigenvalue weighted by Crippen LogP contribution is 2.16. The molecule has 0 aromatic carbocycles. The van der Waals surface area contributed by atoms with Crippen LogP contribution in [0.25, 0.3) is 0 Å². The Bertz CT molecular complexity index is 152. The molecule has 0 radical (unpaired) electrons. The lowest BCUT2D eigenvalue weighted by Gasteiger charge is -2.38. The molecule has 6 heteroatoms. The highest BCUT2D eigenvalue weighted by atomic mass is 16.6. The molecule has 0 unspecified atom stereocenters. The Hall–Kier alpha value is -0.240. The van der Waals surface area contributed by atoms with Crippen molar-refractivity contribution in [1.82, 2.24) is 0 Å². The van der Waals surface area contributed by atoms with Gasteiger partial charge in [0, 0.05) is 0 Å². The summed E-state index contributed by atoms with van der Waals surface area (Å²) in [5.41, 5.74) is 10.8. The first kappa shape index (κ1) is 9.85. The second-order valence-electron chi connectivity index (χ2n) is 2.89. The lowest BCUT2D eigenvalue weighted by molar-refractivity contribution is -0.221. The maximum absolute atomic E-state index is 9.32. The van der Waals surface area contributed by atoms with Crippen LogP contribution < -0.4 is 11.5 Å². The van der Waals surface area contributed by atoms with E-state index in [0.29, 0.717) is 0 Å². The van der Waals surface area contributed by atoms with Gasteiger partial charge in [-0.2, -0.15) is 0 Å². The second kappa shape index (κ2) is 3.65. The normalized spacial score (nSPS) is 49.2. The highest BCUT2D eigenvalue weighted by Gasteiger charge is 2.40. The molecule has 0 saturated carbocycles. The fourth-order valence-corrected chi connectivity index (χ4v) is 1.17. The van der Waals surface area contributed by atoms with E-state index in [9.17, 15) is 5.11 Å². The summed E-state index contributed by atoms with van der Waals surface area (Å²) < 4.78 is 4.78. The first-order chi connectivity index (χ1) is 5.57. The van der Waals surface area contributed by atoms with Crippen molar-refractivity contribution < 1.29 is 20.1 Å². The standard InChI is InChI=1S/C6H14N2O4/c7-3-4(8)6(11)12-2(1-9)5(3)10/h2-6,9-11H,1,7-8H2/t2-,3+,4+,5+,6-/m1/s1. The summed E-state index contributed by atoms with van der Waals surface area (Å²) in [6.07, 6.45) is -3.11. The Morgan fingerprint density at radius 1 is 1.17 bits per heavy atom. The molecule has 1 aliphatic heterocycles. The molecule has 6 nitrogen and oxygen atoms in total. The van der Waals surface area contributed by atoms with Crippen LogP contribution >= 0.6 is 0 Å². The molecule has 1 aliphatic rings. The van der Waals surface area contributed by atoms with Crippen molar-refractivity contribution >= 4 is 0 Å². The zero-order chi connectivity index (χ0) is 9.30. The maximum atomic E-state index is 9.32. The van der Waals surface area contributed by atoms with Gasteiger partial charge in [-0.3, -0.25) is 0 Å². The summed E-state index contributed by atoms with van der Waals surface area (Å²) in [7, 11) is 0. The molecule has 0 amide bonds. The summed E-state index contributed by atoms with van der Waals surface area (Å²) in [6, 6.07) is -1.59. The molecular weight excluding hydrogens is 164 g/mol. The smallest absolute Gasteiger partial charge is 0.171 e. The molecule has 1 fully saturated rings. The van der Waals surface area contributed by atoms with Crippen LogP contribution in [0.5, 0.6) is 0 Å². The molecule has 12 heavy (non-hydrogen) atoms. The van der Waals surface area contributed by atoms with Crippen LogP contribution in [0.3, 0.4) is 0 Å². The summed E-state index contributed by atoms with van der Waals surface area (Å²) in [6.45, 7) is -0.390. The Morgan fingerprint density at radius 3 is 2.25 bits per heavy atom. The van der Waals surface area contributed by atoms with Crippen molar-refractivity contribution in [2.24, 2.45) is 11.5 Å². The largest absolute Gasteiger partial charge is 0.394 e. The SMILES string of the molecule is N[C@H]1[C@H](N)[C@H](O)O[C@H](CO)[C@@H]1O. The molecule has 7 N–H and O–H groups in total. The van der Waals surface area contributed by atoms with Crippen molar-refractivity contribution in [3.05, 3.63) is 0 Å². The van der Waals surface area contributed by atoms with Gasteiger partial charge in [-0.15, -0.1) is 0 Å². The molecule has 0 spiro atoms. The van der Waals surface area contributed by atoms with Gasteiger partial charge in [0.25, 0.3) is 0 Å². The lowest BCUT2D eigenvalue weighted by Crippen LogP contribution is -2.65. The van der Waals surface area contributed by atoms with Gasteiger partial charge in [0.05, 0.1) is 24.8 Å². The Morgan fingerprint density at radius 2 is 1.75 bits per heavy atom. The average molecular weight is 178 g/mol. The molecular formula is C6H14N2O4. The summed E-state index contributed by atoms with van der Waals surface area (Å²) in [5, 5.41) is 27.1. The minimum absolute atomic E-state index is 0.390. The molecule has 0 aromatic rings. The third-order valence-electron chi connectivity index (χ3n) is 2.04. The summed E-state index contributed by atoms with van der Waals surface area (Å²) in [5.74, 6) is 0. The Balaban J connectivity index is 2.63. The molecule has 72 valence electrons.